The van der Waals surface area contributed by atoms with E-state index in [1.165, 1.54) is 19.3 Å². The molecule has 21 heavy (non-hydrogen) atoms. The number of hydrogen-bond acceptors (Lipinski definition) is 5. The van der Waals surface area contributed by atoms with Crippen LogP contribution in [0.3, 0.4) is 0 Å². The van der Waals surface area contributed by atoms with Crippen LogP contribution in [-0.2, 0) is 25.6 Å². The van der Waals surface area contributed by atoms with Crippen LogP contribution in [0, 0.1) is 0 Å². The molecule has 0 atom stereocenters. The molecule has 0 bridgehead atoms. The summed E-state index contributed by atoms with van der Waals surface area (Å²) in [5.41, 5.74) is 1.25. The summed E-state index contributed by atoms with van der Waals surface area (Å²) < 4.78 is 9.28. The molecule has 0 aromatic heterocycles. The Kier molecular flexibility index (Phi) is 6.67. The number of benzene rings is 1. The first-order valence-corrected chi connectivity index (χ1v) is 6.30. The van der Waals surface area contributed by atoms with Crippen LogP contribution >= 0.6 is 0 Å². The van der Waals surface area contributed by atoms with Crippen molar-refractivity contribution in [2.45, 2.75) is 13.5 Å². The van der Waals surface area contributed by atoms with Gasteiger partial charge in [-0.3, -0.25) is 4.79 Å². The van der Waals surface area contributed by atoms with E-state index in [0.29, 0.717) is 5.56 Å². The number of carbonyl (C=O) groups excluding carboxylic acids is 3. The van der Waals surface area contributed by atoms with E-state index in [1.807, 2.05) is 0 Å². The van der Waals surface area contributed by atoms with Gasteiger partial charge >= 0.3 is 11.9 Å². The highest BCUT2D eigenvalue weighted by Crippen LogP contribution is 2.05. The van der Waals surface area contributed by atoms with Crippen molar-refractivity contribution < 1.29 is 23.9 Å². The summed E-state index contributed by atoms with van der Waals surface area (Å²) in [5.74, 6) is -1.37. The molecule has 0 heterocycles. The first-order valence-electron chi connectivity index (χ1n) is 6.30. The van der Waals surface area contributed by atoms with Gasteiger partial charge in [0.25, 0.3) is 5.91 Å². The summed E-state index contributed by atoms with van der Waals surface area (Å²) in [4.78, 5) is 33.7. The first kappa shape index (κ1) is 16.4. The number of esters is 2. The van der Waals surface area contributed by atoms with Gasteiger partial charge in [0.05, 0.1) is 12.7 Å². The van der Waals surface area contributed by atoms with Crippen molar-refractivity contribution in [1.82, 2.24) is 5.32 Å². The maximum atomic E-state index is 11.5. The Morgan fingerprint density at radius 3 is 2.43 bits per heavy atom. The van der Waals surface area contributed by atoms with Crippen LogP contribution in [0.5, 0.6) is 0 Å². The number of allylic oxidation sites excluding steroid dienone is 1. The van der Waals surface area contributed by atoms with Crippen molar-refractivity contribution in [3.63, 3.8) is 0 Å². The van der Waals surface area contributed by atoms with Gasteiger partial charge in [-0.15, -0.1) is 0 Å². The summed E-state index contributed by atoms with van der Waals surface area (Å²) >= 11 is 0. The van der Waals surface area contributed by atoms with E-state index in [2.05, 4.69) is 10.1 Å². The quantitative estimate of drug-likeness (QED) is 0.629. The zero-order valence-corrected chi connectivity index (χ0v) is 11.9. The van der Waals surface area contributed by atoms with Crippen LogP contribution < -0.4 is 5.32 Å². The predicted molar refractivity (Wildman–Crippen MR) is 75.4 cm³/mol. The Bertz CT molecular complexity index is 533. The predicted octanol–water partition coefficient (Wildman–Crippen LogP) is 1.21. The van der Waals surface area contributed by atoms with Gasteiger partial charge in [0.2, 0.25) is 0 Å². The zero-order chi connectivity index (χ0) is 15.7. The van der Waals surface area contributed by atoms with Gasteiger partial charge in [-0.25, -0.2) is 9.59 Å². The second-order valence-electron chi connectivity index (χ2n) is 4.07. The third kappa shape index (κ3) is 5.90. The lowest BCUT2D eigenvalue weighted by molar-refractivity contribution is -0.143. The third-order valence-corrected chi connectivity index (χ3v) is 2.51. The fourth-order valence-corrected chi connectivity index (χ4v) is 1.45. The molecule has 0 aliphatic rings. The van der Waals surface area contributed by atoms with Crippen LogP contribution in [-0.4, -0.2) is 31.6 Å². The van der Waals surface area contributed by atoms with Crippen molar-refractivity contribution in [3.05, 3.63) is 47.5 Å². The molecular formula is C15H17NO5. The van der Waals surface area contributed by atoms with Crippen molar-refractivity contribution in [1.29, 1.82) is 0 Å². The monoisotopic (exact) mass is 291 g/mol. The normalized spacial score (nSPS) is 10.2. The Balaban J connectivity index is 2.39. The fourth-order valence-electron chi connectivity index (χ4n) is 1.45. The molecule has 0 spiro atoms. The zero-order valence-electron chi connectivity index (χ0n) is 11.9. The molecule has 112 valence electrons. The first-order chi connectivity index (χ1) is 10.1. The lowest BCUT2D eigenvalue weighted by Gasteiger charge is -2.06. The average Bonchev–Trinajstić information content (AvgIpc) is 2.51. The largest absolute Gasteiger partial charge is 0.465 e. The van der Waals surface area contributed by atoms with Crippen LogP contribution in [0.25, 0.3) is 0 Å². The van der Waals surface area contributed by atoms with Crippen LogP contribution in [0.15, 0.2) is 36.4 Å². The molecule has 1 amide bonds. The maximum absolute atomic E-state index is 11.5. The Morgan fingerprint density at radius 2 is 1.86 bits per heavy atom. The lowest BCUT2D eigenvalue weighted by Crippen LogP contribution is -2.28. The fraction of sp³-hybridized carbons (Fsp3) is 0.267. The summed E-state index contributed by atoms with van der Waals surface area (Å²) in [5, 5.41) is 2.60. The van der Waals surface area contributed by atoms with Crippen LogP contribution in [0.4, 0.5) is 0 Å². The number of hydrogen-bond donors (Lipinski definition) is 1. The number of ether oxygens (including phenoxy) is 2. The molecule has 0 aliphatic carbocycles. The molecular weight excluding hydrogens is 274 g/mol. The Morgan fingerprint density at radius 1 is 1.19 bits per heavy atom. The molecule has 1 aromatic carbocycles. The van der Waals surface area contributed by atoms with Gasteiger partial charge in [0.1, 0.15) is 0 Å². The standard InChI is InChI=1S/C15H17NO5/c1-3-4-14(18)21-10-13(17)16-9-11-5-7-12(8-6-11)15(19)20-2/h3-8H,9-10H2,1-2H3,(H,16,17)/b4-3+. The molecule has 0 unspecified atom stereocenters. The lowest BCUT2D eigenvalue weighted by atomic mass is 10.1. The second kappa shape index (κ2) is 8.52. The minimum atomic E-state index is -0.560. The van der Waals surface area contributed by atoms with E-state index in [-0.39, 0.29) is 13.2 Å². The van der Waals surface area contributed by atoms with Crippen molar-refractivity contribution in [2.24, 2.45) is 0 Å². The highest BCUT2D eigenvalue weighted by molar-refractivity contribution is 5.89. The summed E-state index contributed by atoms with van der Waals surface area (Å²) in [6.07, 6.45) is 2.77. The molecule has 0 saturated heterocycles. The van der Waals surface area contributed by atoms with E-state index in [9.17, 15) is 14.4 Å². The minimum Gasteiger partial charge on any atom is -0.465 e. The summed E-state index contributed by atoms with van der Waals surface area (Å²) in [7, 11) is 1.31. The molecule has 6 heteroatoms. The van der Waals surface area contributed by atoms with Crippen molar-refractivity contribution >= 4 is 17.8 Å². The van der Waals surface area contributed by atoms with Gasteiger partial charge in [-0.05, 0) is 24.6 Å². The minimum absolute atomic E-state index is 0.279. The molecule has 1 aromatic rings. The SMILES string of the molecule is C/C=C/C(=O)OCC(=O)NCc1ccc(C(=O)OC)cc1. The highest BCUT2D eigenvalue weighted by Gasteiger charge is 2.06. The van der Waals surface area contributed by atoms with Crippen molar-refractivity contribution in [2.75, 3.05) is 13.7 Å². The number of methoxy groups -OCH3 is 1. The van der Waals surface area contributed by atoms with Gasteiger partial charge in [0.15, 0.2) is 6.61 Å². The second-order valence-corrected chi connectivity index (χ2v) is 4.07. The van der Waals surface area contributed by atoms with Gasteiger partial charge in [-0.2, -0.15) is 0 Å². The van der Waals surface area contributed by atoms with E-state index >= 15 is 0 Å². The third-order valence-electron chi connectivity index (χ3n) is 2.51. The average molecular weight is 291 g/mol. The Labute approximate surface area is 122 Å². The molecule has 1 N–H and O–H groups in total. The molecule has 6 nitrogen and oxygen atoms in total. The van der Waals surface area contributed by atoms with Gasteiger partial charge < -0.3 is 14.8 Å². The van der Waals surface area contributed by atoms with E-state index in [1.54, 1.807) is 31.2 Å². The maximum Gasteiger partial charge on any atom is 0.337 e. The number of nitrogens with one attached hydrogen (secondary N) is 1. The number of amides is 1. The number of rotatable bonds is 6. The van der Waals surface area contributed by atoms with Gasteiger partial charge in [0, 0.05) is 12.6 Å². The Hall–Kier alpha value is -2.63. The van der Waals surface area contributed by atoms with Crippen LogP contribution in [0.2, 0.25) is 0 Å². The molecule has 0 fully saturated rings. The van der Waals surface area contributed by atoms with Crippen LogP contribution in [0.1, 0.15) is 22.8 Å². The summed E-state index contributed by atoms with van der Waals surface area (Å²) in [6, 6.07) is 6.63. The topological polar surface area (TPSA) is 81.7 Å². The van der Waals surface area contributed by atoms with E-state index in [0.717, 1.165) is 5.56 Å². The number of carbonyl (C=O) groups is 3. The summed E-state index contributed by atoms with van der Waals surface area (Å²) in [6.45, 7) is 1.63. The molecule has 0 aliphatic heterocycles. The van der Waals surface area contributed by atoms with Gasteiger partial charge in [-0.1, -0.05) is 18.2 Å². The van der Waals surface area contributed by atoms with Crippen molar-refractivity contribution in [3.8, 4) is 0 Å². The molecule has 0 saturated carbocycles. The molecule has 1 rings (SSSR count). The molecule has 0 radical (unpaired) electrons. The van der Waals surface area contributed by atoms with E-state index < -0.39 is 17.8 Å². The van der Waals surface area contributed by atoms with E-state index in [4.69, 9.17) is 4.74 Å². The highest BCUT2D eigenvalue weighted by atomic mass is 16.5. The smallest absolute Gasteiger partial charge is 0.337 e.